The van der Waals surface area contributed by atoms with Crippen LogP contribution in [0.1, 0.15) is 5.56 Å². The molecule has 0 bridgehead atoms. The lowest BCUT2D eigenvalue weighted by Crippen LogP contribution is -2.58. The number of hydrogen-bond donors (Lipinski definition) is 1. The van der Waals surface area contributed by atoms with Crippen LogP contribution in [0.4, 0.5) is 16.2 Å². The van der Waals surface area contributed by atoms with Gasteiger partial charge in [0, 0.05) is 18.6 Å². The highest BCUT2D eigenvalue weighted by atomic mass is 16.2. The molecule has 1 aliphatic heterocycles. The van der Waals surface area contributed by atoms with Gasteiger partial charge in [0.25, 0.3) is 5.91 Å². The molecule has 0 unspecified atom stereocenters. The molecular formula is C17H14N4O3. The Labute approximate surface area is 138 Å². The van der Waals surface area contributed by atoms with Gasteiger partial charge < -0.3 is 0 Å². The molecule has 7 nitrogen and oxygen atoms in total. The molecule has 120 valence electrons. The minimum atomic E-state index is -1.17. The van der Waals surface area contributed by atoms with Crippen LogP contribution in [0, 0.1) is 12.8 Å². The van der Waals surface area contributed by atoms with Crippen LogP contribution in [0.25, 0.3) is 0 Å². The molecule has 1 aromatic heterocycles. The monoisotopic (exact) mass is 322 g/mol. The SMILES string of the molecule is Cc1cccc(N2C(=O)NC(=O)[C@@H](C=Nc3ccncc3)C2=O)c1. The van der Waals surface area contributed by atoms with Gasteiger partial charge in [0.05, 0.1) is 11.4 Å². The van der Waals surface area contributed by atoms with Crippen molar-refractivity contribution in [3.8, 4) is 0 Å². The van der Waals surface area contributed by atoms with Gasteiger partial charge in [0.15, 0.2) is 5.92 Å². The molecule has 0 spiro atoms. The molecule has 4 amide bonds. The number of rotatable bonds is 3. The third kappa shape index (κ3) is 3.05. The van der Waals surface area contributed by atoms with Crippen LogP contribution in [0.2, 0.25) is 0 Å². The zero-order chi connectivity index (χ0) is 17.1. The lowest BCUT2D eigenvalue weighted by atomic mass is 10.1. The van der Waals surface area contributed by atoms with Crippen LogP contribution in [-0.4, -0.2) is 29.0 Å². The lowest BCUT2D eigenvalue weighted by molar-refractivity contribution is -0.131. The molecule has 0 aliphatic carbocycles. The maximum absolute atomic E-state index is 12.6. The van der Waals surface area contributed by atoms with Crippen LogP contribution >= 0.6 is 0 Å². The first-order valence-corrected chi connectivity index (χ1v) is 7.26. The fourth-order valence-corrected chi connectivity index (χ4v) is 2.32. The third-order valence-electron chi connectivity index (χ3n) is 3.50. The van der Waals surface area contributed by atoms with Crippen LogP contribution in [0.3, 0.4) is 0 Å². The molecule has 2 heterocycles. The highest BCUT2D eigenvalue weighted by Crippen LogP contribution is 2.21. The molecule has 7 heteroatoms. The standard InChI is InChI=1S/C17H14N4O3/c1-11-3-2-4-13(9-11)21-16(23)14(15(22)20-17(21)24)10-19-12-5-7-18-8-6-12/h2-10,14H,1H3,(H,20,22,24)/t14-/m1/s1. The van der Waals surface area contributed by atoms with Crippen molar-refractivity contribution in [1.82, 2.24) is 10.3 Å². The van der Waals surface area contributed by atoms with Gasteiger partial charge in [-0.15, -0.1) is 0 Å². The number of amides is 4. The number of aryl methyl sites for hydroxylation is 1. The van der Waals surface area contributed by atoms with Crippen LogP contribution < -0.4 is 10.2 Å². The quantitative estimate of drug-likeness (QED) is 0.691. The minimum Gasteiger partial charge on any atom is -0.276 e. The summed E-state index contributed by atoms with van der Waals surface area (Å²) in [6.07, 6.45) is 4.35. The summed E-state index contributed by atoms with van der Waals surface area (Å²) in [6.45, 7) is 1.85. The lowest BCUT2D eigenvalue weighted by Gasteiger charge is -2.28. The number of carbonyl (C=O) groups excluding carboxylic acids is 3. The second-order valence-corrected chi connectivity index (χ2v) is 5.27. The van der Waals surface area contributed by atoms with Crippen molar-refractivity contribution in [3.63, 3.8) is 0 Å². The fourth-order valence-electron chi connectivity index (χ4n) is 2.32. The van der Waals surface area contributed by atoms with Crippen molar-refractivity contribution in [2.75, 3.05) is 4.90 Å². The van der Waals surface area contributed by atoms with E-state index < -0.39 is 23.8 Å². The Kier molecular flexibility index (Phi) is 4.15. The van der Waals surface area contributed by atoms with Crippen LogP contribution in [0.5, 0.6) is 0 Å². The zero-order valence-electron chi connectivity index (χ0n) is 12.8. The van der Waals surface area contributed by atoms with Crippen LogP contribution in [-0.2, 0) is 9.59 Å². The third-order valence-corrected chi connectivity index (χ3v) is 3.50. The maximum Gasteiger partial charge on any atom is 0.335 e. The summed E-state index contributed by atoms with van der Waals surface area (Å²) < 4.78 is 0. The van der Waals surface area contributed by atoms with Crippen molar-refractivity contribution >= 4 is 35.4 Å². The zero-order valence-corrected chi connectivity index (χ0v) is 12.8. The van der Waals surface area contributed by atoms with Crippen LogP contribution in [0.15, 0.2) is 53.8 Å². The summed E-state index contributed by atoms with van der Waals surface area (Å²) in [7, 11) is 0. The Bertz CT molecular complexity index is 833. The van der Waals surface area contributed by atoms with Crippen molar-refractivity contribution in [2.45, 2.75) is 6.92 Å². The summed E-state index contributed by atoms with van der Waals surface area (Å²) >= 11 is 0. The summed E-state index contributed by atoms with van der Waals surface area (Å²) in [5.41, 5.74) is 1.86. The van der Waals surface area contributed by atoms with Gasteiger partial charge >= 0.3 is 6.03 Å². The number of benzene rings is 1. The fraction of sp³-hybridized carbons (Fsp3) is 0.118. The Morgan fingerprint density at radius 2 is 1.92 bits per heavy atom. The van der Waals surface area contributed by atoms with Gasteiger partial charge in [-0.05, 0) is 36.8 Å². The summed E-state index contributed by atoms with van der Waals surface area (Å²) in [5, 5.41) is 2.19. The molecule has 1 N–H and O–H groups in total. The largest absolute Gasteiger partial charge is 0.335 e. The number of anilines is 1. The first-order valence-electron chi connectivity index (χ1n) is 7.26. The van der Waals surface area contributed by atoms with E-state index in [0.717, 1.165) is 10.5 Å². The number of barbiturate groups is 1. The average molecular weight is 322 g/mol. The van der Waals surface area contributed by atoms with Gasteiger partial charge in [-0.1, -0.05) is 12.1 Å². The van der Waals surface area contributed by atoms with E-state index in [1.165, 1.54) is 6.21 Å². The first kappa shape index (κ1) is 15.5. The Morgan fingerprint density at radius 1 is 1.17 bits per heavy atom. The molecule has 2 aromatic rings. The van der Waals surface area contributed by atoms with E-state index >= 15 is 0 Å². The van der Waals surface area contributed by atoms with E-state index in [4.69, 9.17) is 0 Å². The molecule has 1 saturated heterocycles. The van der Waals surface area contributed by atoms with Crippen molar-refractivity contribution in [1.29, 1.82) is 0 Å². The number of carbonyl (C=O) groups is 3. The first-order chi connectivity index (χ1) is 11.6. The summed E-state index contributed by atoms with van der Waals surface area (Å²) in [4.78, 5) is 45.6. The maximum atomic E-state index is 12.6. The molecule has 0 radical (unpaired) electrons. The number of aromatic nitrogens is 1. The van der Waals surface area contributed by atoms with E-state index in [0.29, 0.717) is 11.4 Å². The van der Waals surface area contributed by atoms with E-state index in [1.54, 1.807) is 42.7 Å². The number of nitrogens with one attached hydrogen (secondary N) is 1. The normalized spacial score (nSPS) is 18.1. The predicted octanol–water partition coefficient (Wildman–Crippen LogP) is 1.99. The van der Waals surface area contributed by atoms with Gasteiger partial charge in [-0.25, -0.2) is 9.69 Å². The summed E-state index contributed by atoms with van der Waals surface area (Å²) in [6, 6.07) is 9.45. The number of pyridine rings is 1. The second-order valence-electron chi connectivity index (χ2n) is 5.27. The summed E-state index contributed by atoms with van der Waals surface area (Å²) in [5.74, 6) is -2.49. The van der Waals surface area contributed by atoms with Crippen molar-refractivity contribution in [2.24, 2.45) is 10.9 Å². The van der Waals surface area contributed by atoms with E-state index in [2.05, 4.69) is 15.3 Å². The van der Waals surface area contributed by atoms with E-state index in [1.807, 2.05) is 13.0 Å². The van der Waals surface area contributed by atoms with Gasteiger partial charge in [-0.3, -0.25) is 24.9 Å². The van der Waals surface area contributed by atoms with Gasteiger partial charge in [-0.2, -0.15) is 0 Å². The minimum absolute atomic E-state index is 0.410. The Hall–Kier alpha value is -3.35. The molecule has 0 saturated carbocycles. The predicted molar refractivity (Wildman–Crippen MR) is 88.1 cm³/mol. The van der Waals surface area contributed by atoms with Gasteiger partial charge in [0.2, 0.25) is 5.91 Å². The highest BCUT2D eigenvalue weighted by Gasteiger charge is 2.40. The second kappa shape index (κ2) is 6.41. The number of hydrogen-bond acceptors (Lipinski definition) is 5. The van der Waals surface area contributed by atoms with E-state index in [-0.39, 0.29) is 0 Å². The Morgan fingerprint density at radius 3 is 2.62 bits per heavy atom. The number of aliphatic imine (C=N–C) groups is 1. The molecule has 1 atom stereocenters. The molecular weight excluding hydrogens is 308 g/mol. The van der Waals surface area contributed by atoms with Crippen molar-refractivity contribution in [3.05, 3.63) is 54.4 Å². The Balaban J connectivity index is 1.90. The topological polar surface area (TPSA) is 91.7 Å². The molecule has 1 aliphatic rings. The highest BCUT2D eigenvalue weighted by molar-refractivity contribution is 6.32. The smallest absolute Gasteiger partial charge is 0.276 e. The number of urea groups is 1. The average Bonchev–Trinajstić information content (AvgIpc) is 2.55. The molecule has 3 rings (SSSR count). The molecule has 1 aromatic carbocycles. The number of imide groups is 2. The van der Waals surface area contributed by atoms with Gasteiger partial charge in [0.1, 0.15) is 0 Å². The molecule has 24 heavy (non-hydrogen) atoms. The molecule has 1 fully saturated rings. The number of nitrogens with zero attached hydrogens (tertiary/aromatic N) is 3. The van der Waals surface area contributed by atoms with E-state index in [9.17, 15) is 14.4 Å². The van der Waals surface area contributed by atoms with Crippen molar-refractivity contribution < 1.29 is 14.4 Å².